The van der Waals surface area contributed by atoms with Crippen LogP contribution in [0.25, 0.3) is 6.08 Å². The van der Waals surface area contributed by atoms with Crippen molar-refractivity contribution < 1.29 is 29.0 Å². The van der Waals surface area contributed by atoms with Crippen LogP contribution in [0.4, 0.5) is 15.3 Å². The zero-order valence-corrected chi connectivity index (χ0v) is 19.7. The Morgan fingerprint density at radius 3 is 2.47 bits per heavy atom. The Kier molecular flexibility index (Phi) is 6.92. The first-order chi connectivity index (χ1) is 15.0. The summed E-state index contributed by atoms with van der Waals surface area (Å²) in [6, 6.07) is 3.41. The summed E-state index contributed by atoms with van der Waals surface area (Å²) in [4.78, 5) is 37.5. The predicted molar refractivity (Wildman–Crippen MR) is 123 cm³/mol. The monoisotopic (exact) mass is 463 g/mol. The summed E-state index contributed by atoms with van der Waals surface area (Å²) >= 11 is 0.854. The highest BCUT2D eigenvalue weighted by molar-refractivity contribution is 8.18. The molecule has 10 heteroatoms. The standard InChI is InChI=1S/C22H29N3O6S/c1-22(2,3)18(23-20(27)28)12-6-7-25(11-12)14-10-16(31-5)15(30-4)8-13(14)9-17-19(26)24-21(29)32-17/h8-10,12,18,23H,6-7,11H2,1-5H3,(H,27,28)(H,24,26,29)/b17-9-. The highest BCUT2D eigenvalue weighted by Gasteiger charge is 2.38. The van der Waals surface area contributed by atoms with E-state index >= 15 is 0 Å². The number of carboxylic acid groups (broad SMARTS) is 1. The Balaban J connectivity index is 1.98. The van der Waals surface area contributed by atoms with Crippen LogP contribution in [0.15, 0.2) is 17.0 Å². The second-order valence-corrected chi connectivity index (χ2v) is 9.92. The maximum atomic E-state index is 12.1. The molecule has 2 saturated heterocycles. The average Bonchev–Trinajstić information content (AvgIpc) is 3.31. The molecule has 0 saturated carbocycles. The minimum atomic E-state index is -1.03. The van der Waals surface area contributed by atoms with E-state index in [0.717, 1.165) is 23.9 Å². The lowest BCUT2D eigenvalue weighted by molar-refractivity contribution is -0.115. The van der Waals surface area contributed by atoms with Crippen LogP contribution >= 0.6 is 11.8 Å². The summed E-state index contributed by atoms with van der Waals surface area (Å²) < 4.78 is 10.9. The van der Waals surface area contributed by atoms with Gasteiger partial charge in [0.1, 0.15) is 0 Å². The van der Waals surface area contributed by atoms with E-state index in [0.29, 0.717) is 35.1 Å². The number of methoxy groups -OCH3 is 2. The van der Waals surface area contributed by atoms with Gasteiger partial charge in [-0.25, -0.2) is 4.79 Å². The molecule has 2 aliphatic heterocycles. The summed E-state index contributed by atoms with van der Waals surface area (Å²) in [6.45, 7) is 7.41. The number of anilines is 1. The molecule has 32 heavy (non-hydrogen) atoms. The van der Waals surface area contributed by atoms with Crippen molar-refractivity contribution in [2.45, 2.75) is 33.2 Å². The van der Waals surface area contributed by atoms with Crippen molar-refractivity contribution in [1.29, 1.82) is 0 Å². The SMILES string of the molecule is COc1cc(/C=C2\SC(=O)NC2=O)c(N2CCC(C(NC(=O)O)C(C)(C)C)C2)cc1OC. The highest BCUT2D eigenvalue weighted by Crippen LogP contribution is 2.41. The molecule has 1 aromatic carbocycles. The van der Waals surface area contributed by atoms with Crippen molar-refractivity contribution in [1.82, 2.24) is 10.6 Å². The van der Waals surface area contributed by atoms with E-state index in [-0.39, 0.29) is 17.4 Å². The maximum Gasteiger partial charge on any atom is 0.404 e. The summed E-state index contributed by atoms with van der Waals surface area (Å²) in [5.74, 6) is 0.723. The van der Waals surface area contributed by atoms with E-state index in [9.17, 15) is 19.5 Å². The summed E-state index contributed by atoms with van der Waals surface area (Å²) in [6.07, 6.45) is 1.45. The molecule has 174 valence electrons. The number of benzene rings is 1. The molecule has 3 amide bonds. The summed E-state index contributed by atoms with van der Waals surface area (Å²) in [5, 5.41) is 13.9. The third-order valence-electron chi connectivity index (χ3n) is 5.71. The number of hydrogen-bond donors (Lipinski definition) is 3. The van der Waals surface area contributed by atoms with Crippen LogP contribution in [0, 0.1) is 11.3 Å². The van der Waals surface area contributed by atoms with E-state index in [1.165, 1.54) is 7.11 Å². The van der Waals surface area contributed by atoms with Crippen LogP contribution in [-0.2, 0) is 4.79 Å². The largest absolute Gasteiger partial charge is 0.493 e. The van der Waals surface area contributed by atoms with Crippen LogP contribution in [0.1, 0.15) is 32.8 Å². The first kappa shape index (κ1) is 23.8. The lowest BCUT2D eigenvalue weighted by atomic mass is 9.78. The molecule has 0 bridgehead atoms. The van der Waals surface area contributed by atoms with E-state index in [1.807, 2.05) is 26.8 Å². The Hall–Kier alpha value is -2.88. The number of ether oxygens (including phenoxy) is 2. The maximum absolute atomic E-state index is 12.1. The molecule has 0 aromatic heterocycles. The molecule has 1 aromatic rings. The molecule has 2 unspecified atom stereocenters. The van der Waals surface area contributed by atoms with Gasteiger partial charge in [0.25, 0.3) is 11.1 Å². The van der Waals surface area contributed by atoms with Gasteiger partial charge in [-0.2, -0.15) is 0 Å². The summed E-state index contributed by atoms with van der Waals surface area (Å²) in [7, 11) is 3.09. The topological polar surface area (TPSA) is 117 Å². The minimum absolute atomic E-state index is 0.102. The zero-order chi connectivity index (χ0) is 23.6. The van der Waals surface area contributed by atoms with Gasteiger partial charge < -0.3 is 24.8 Å². The van der Waals surface area contributed by atoms with Gasteiger partial charge in [-0.1, -0.05) is 20.8 Å². The van der Waals surface area contributed by atoms with Crippen molar-refractivity contribution in [2.75, 3.05) is 32.2 Å². The summed E-state index contributed by atoms with van der Waals surface area (Å²) in [5.41, 5.74) is 1.29. The number of carbonyl (C=O) groups excluding carboxylic acids is 2. The van der Waals surface area contributed by atoms with Crippen LogP contribution in [0.5, 0.6) is 11.5 Å². The molecular weight excluding hydrogens is 434 g/mol. The van der Waals surface area contributed by atoms with Gasteiger partial charge in [0.2, 0.25) is 0 Å². The number of nitrogens with zero attached hydrogens (tertiary/aromatic N) is 1. The van der Waals surface area contributed by atoms with Crippen LogP contribution < -0.4 is 25.0 Å². The molecule has 0 spiro atoms. The van der Waals surface area contributed by atoms with Gasteiger partial charge in [0.15, 0.2) is 11.5 Å². The number of amides is 3. The molecule has 2 atom stereocenters. The normalized spacial score (nSPS) is 21.0. The number of rotatable bonds is 6. The Morgan fingerprint density at radius 1 is 1.28 bits per heavy atom. The Bertz CT molecular complexity index is 956. The van der Waals surface area contributed by atoms with E-state index in [4.69, 9.17) is 9.47 Å². The molecule has 2 fully saturated rings. The van der Waals surface area contributed by atoms with Crippen LogP contribution in [0.3, 0.4) is 0 Å². The molecule has 9 nitrogen and oxygen atoms in total. The van der Waals surface area contributed by atoms with E-state index < -0.39 is 17.2 Å². The Labute approximate surface area is 191 Å². The predicted octanol–water partition coefficient (Wildman–Crippen LogP) is 3.54. The zero-order valence-electron chi connectivity index (χ0n) is 18.9. The van der Waals surface area contributed by atoms with Crippen molar-refractivity contribution in [3.63, 3.8) is 0 Å². The van der Waals surface area contributed by atoms with Gasteiger partial charge >= 0.3 is 6.09 Å². The quantitative estimate of drug-likeness (QED) is 0.549. The van der Waals surface area contributed by atoms with Crippen LogP contribution in [-0.4, -0.2) is 55.7 Å². The molecule has 2 aliphatic rings. The smallest absolute Gasteiger partial charge is 0.404 e. The lowest BCUT2D eigenvalue weighted by Gasteiger charge is -2.35. The fourth-order valence-corrected chi connectivity index (χ4v) is 4.96. The molecule has 2 heterocycles. The molecule has 0 radical (unpaired) electrons. The second kappa shape index (κ2) is 9.32. The second-order valence-electron chi connectivity index (χ2n) is 8.91. The van der Waals surface area contributed by atoms with Crippen molar-refractivity contribution in [3.8, 4) is 11.5 Å². The van der Waals surface area contributed by atoms with E-state index in [2.05, 4.69) is 15.5 Å². The Morgan fingerprint density at radius 2 is 1.94 bits per heavy atom. The van der Waals surface area contributed by atoms with Gasteiger partial charge in [-0.3, -0.25) is 14.9 Å². The van der Waals surface area contributed by atoms with Gasteiger partial charge in [-0.05, 0) is 41.7 Å². The lowest BCUT2D eigenvalue weighted by Crippen LogP contribution is -2.48. The fraction of sp³-hybridized carbons (Fsp3) is 0.500. The third kappa shape index (κ3) is 5.12. The van der Waals surface area contributed by atoms with E-state index in [1.54, 1.807) is 19.3 Å². The number of nitrogens with one attached hydrogen (secondary N) is 2. The molecular formula is C22H29N3O6S. The fourth-order valence-electron chi connectivity index (χ4n) is 4.29. The number of thioether (sulfide) groups is 1. The highest BCUT2D eigenvalue weighted by atomic mass is 32.2. The number of hydrogen-bond acceptors (Lipinski definition) is 7. The average molecular weight is 464 g/mol. The number of imide groups is 1. The van der Waals surface area contributed by atoms with Crippen molar-refractivity contribution >= 4 is 40.8 Å². The molecule has 3 N–H and O–H groups in total. The van der Waals surface area contributed by atoms with Gasteiger partial charge in [0, 0.05) is 36.4 Å². The molecule has 3 rings (SSSR count). The first-order valence-corrected chi connectivity index (χ1v) is 11.1. The minimum Gasteiger partial charge on any atom is -0.493 e. The number of carbonyl (C=O) groups is 3. The first-order valence-electron chi connectivity index (χ1n) is 10.3. The molecule has 0 aliphatic carbocycles. The van der Waals surface area contributed by atoms with Crippen molar-refractivity contribution in [2.24, 2.45) is 11.3 Å². The van der Waals surface area contributed by atoms with Crippen molar-refractivity contribution in [3.05, 3.63) is 22.6 Å². The third-order valence-corrected chi connectivity index (χ3v) is 6.52. The van der Waals surface area contributed by atoms with Crippen LogP contribution in [0.2, 0.25) is 0 Å². The van der Waals surface area contributed by atoms with Gasteiger partial charge in [0.05, 0.1) is 19.1 Å². The van der Waals surface area contributed by atoms with Gasteiger partial charge in [-0.15, -0.1) is 0 Å².